The summed E-state index contributed by atoms with van der Waals surface area (Å²) >= 11 is 0. The van der Waals surface area contributed by atoms with Gasteiger partial charge in [0.15, 0.2) is 5.83 Å². The molecule has 0 radical (unpaired) electrons. The zero-order chi connectivity index (χ0) is 4.99. The number of hydrogen-bond acceptors (Lipinski definition) is 0. The molecule has 0 saturated heterocycles. The molecule has 0 amide bonds. The van der Waals surface area contributed by atoms with E-state index < -0.39 is 5.83 Å². The second-order valence-corrected chi connectivity index (χ2v) is 0.729. The van der Waals surface area contributed by atoms with Crippen LogP contribution in [0.3, 0.4) is 0 Å². The van der Waals surface area contributed by atoms with Gasteiger partial charge in [0.1, 0.15) is 0 Å². The van der Waals surface area contributed by atoms with E-state index in [-0.39, 0.29) is 0 Å². The zero-order valence-electron chi connectivity index (χ0n) is 3.37. The molecule has 0 N–H and O–H groups in total. The minimum absolute atomic E-state index is 0.505. The monoisotopic (exact) mass is 84.0 g/mol. The third kappa shape index (κ3) is 1.50. The highest BCUT2D eigenvalue weighted by Crippen LogP contribution is 1.88. The molecule has 0 aromatic carbocycles. The van der Waals surface area contributed by atoms with Gasteiger partial charge in [0, 0.05) is 0 Å². The van der Waals surface area contributed by atoms with Crippen LogP contribution in [0.25, 0.3) is 0 Å². The summed E-state index contributed by atoms with van der Waals surface area (Å²) in [6.45, 7) is 6.14. The molecule has 0 aliphatic heterocycles. The molecule has 32 valence electrons. The van der Waals surface area contributed by atoms with Gasteiger partial charge >= 0.3 is 0 Å². The van der Waals surface area contributed by atoms with E-state index in [4.69, 9.17) is 0 Å². The molecule has 0 rings (SSSR count). The first-order valence-corrected chi connectivity index (χ1v) is 1.49. The van der Waals surface area contributed by atoms with Gasteiger partial charge in [-0.2, -0.15) is 4.39 Å². The maximum Gasteiger partial charge on any atom is 0.164 e. The molecule has 0 fully saturated rings. The van der Waals surface area contributed by atoms with Crippen LogP contribution in [-0.2, 0) is 0 Å². The molecule has 0 aliphatic rings. The number of allylic oxidation sites excluding steroid dienone is 2. The fourth-order valence-corrected chi connectivity index (χ4v) is 0.0722. The summed E-state index contributed by atoms with van der Waals surface area (Å²) in [4.78, 5) is 0. The number of rotatable bonds is 1. The lowest BCUT2D eigenvalue weighted by molar-refractivity contribution is 0.670. The van der Waals surface area contributed by atoms with Crippen molar-refractivity contribution >= 4 is 0 Å². The molecular formula is C5H5F. The summed E-state index contributed by atoms with van der Waals surface area (Å²) in [6.07, 6.45) is 1.05. The van der Waals surface area contributed by atoms with Crippen LogP contribution in [0.15, 0.2) is 30.8 Å². The zero-order valence-corrected chi connectivity index (χ0v) is 3.37. The smallest absolute Gasteiger partial charge is 0.164 e. The minimum Gasteiger partial charge on any atom is -0.198 e. The van der Waals surface area contributed by atoms with Crippen molar-refractivity contribution in [3.8, 4) is 0 Å². The van der Waals surface area contributed by atoms with E-state index in [0.717, 1.165) is 6.08 Å². The molecule has 0 heterocycles. The summed E-state index contributed by atoms with van der Waals surface area (Å²) < 4.78 is 11.5. The van der Waals surface area contributed by atoms with E-state index in [9.17, 15) is 4.39 Å². The van der Waals surface area contributed by atoms with Crippen molar-refractivity contribution in [3.05, 3.63) is 30.8 Å². The van der Waals surface area contributed by atoms with Crippen LogP contribution in [0.1, 0.15) is 0 Å². The van der Waals surface area contributed by atoms with Crippen molar-refractivity contribution < 1.29 is 4.39 Å². The largest absolute Gasteiger partial charge is 0.198 e. The third-order valence-corrected chi connectivity index (χ3v) is 0.348. The Bertz CT molecular complexity index is 96.5. The normalized spacial score (nSPS) is 6.17. The molecule has 0 atom stereocenters. The Hall–Kier alpha value is -0.810. The van der Waals surface area contributed by atoms with Crippen molar-refractivity contribution in [1.82, 2.24) is 0 Å². The lowest BCUT2D eigenvalue weighted by Crippen LogP contribution is -1.49. The van der Waals surface area contributed by atoms with Gasteiger partial charge in [-0.15, -0.1) is 0 Å². The quantitative estimate of drug-likeness (QED) is 0.335. The van der Waals surface area contributed by atoms with Crippen molar-refractivity contribution in [3.63, 3.8) is 0 Å². The van der Waals surface area contributed by atoms with Crippen LogP contribution >= 0.6 is 0 Å². The molecule has 0 aliphatic carbocycles. The summed E-state index contributed by atoms with van der Waals surface area (Å²) in [5.74, 6) is -0.505. The van der Waals surface area contributed by atoms with E-state index in [1.165, 1.54) is 0 Å². The Morgan fingerprint density at radius 3 is 2.33 bits per heavy atom. The molecule has 0 nitrogen and oxygen atoms in total. The van der Waals surface area contributed by atoms with Gasteiger partial charge in [0.2, 0.25) is 0 Å². The second kappa shape index (κ2) is 2.43. The van der Waals surface area contributed by atoms with E-state index >= 15 is 0 Å². The highest BCUT2D eigenvalue weighted by atomic mass is 19.1. The van der Waals surface area contributed by atoms with Gasteiger partial charge in [-0.1, -0.05) is 18.9 Å². The minimum atomic E-state index is -0.505. The molecule has 0 aromatic rings. The average Bonchev–Trinajstić information content (AvgIpc) is 1.65. The van der Waals surface area contributed by atoms with Gasteiger partial charge in [0.05, 0.1) is 0 Å². The lowest BCUT2D eigenvalue weighted by Gasteiger charge is -1.67. The standard InChI is InChI=1S/C5H5F/c1-3-5(6)4-2/h3H,1-2H2. The Morgan fingerprint density at radius 2 is 2.33 bits per heavy atom. The van der Waals surface area contributed by atoms with Crippen LogP contribution in [0.2, 0.25) is 0 Å². The SMILES string of the molecule is C=C=C(F)C=C. The second-order valence-electron chi connectivity index (χ2n) is 0.729. The first kappa shape index (κ1) is 5.19. The van der Waals surface area contributed by atoms with Crippen molar-refractivity contribution in [2.24, 2.45) is 0 Å². The molecule has 1 heteroatoms. The summed E-state index contributed by atoms with van der Waals surface area (Å²) in [5, 5.41) is 0. The van der Waals surface area contributed by atoms with E-state index in [2.05, 4.69) is 13.2 Å². The van der Waals surface area contributed by atoms with E-state index in [1.54, 1.807) is 0 Å². The van der Waals surface area contributed by atoms with Gasteiger partial charge < -0.3 is 0 Å². The maximum atomic E-state index is 11.5. The van der Waals surface area contributed by atoms with Crippen LogP contribution in [-0.4, -0.2) is 0 Å². The Balaban J connectivity index is 3.86. The van der Waals surface area contributed by atoms with E-state index in [1.807, 2.05) is 5.73 Å². The number of hydrogen-bond donors (Lipinski definition) is 0. The molecule has 0 unspecified atom stereocenters. The summed E-state index contributed by atoms with van der Waals surface area (Å²) in [7, 11) is 0. The molecule has 0 bridgehead atoms. The van der Waals surface area contributed by atoms with Gasteiger partial charge in [-0.25, -0.2) is 0 Å². The van der Waals surface area contributed by atoms with Crippen LogP contribution < -0.4 is 0 Å². The third-order valence-electron chi connectivity index (χ3n) is 0.348. The van der Waals surface area contributed by atoms with Gasteiger partial charge in [0.25, 0.3) is 0 Å². The van der Waals surface area contributed by atoms with Crippen molar-refractivity contribution in [2.75, 3.05) is 0 Å². The Kier molecular flexibility index (Phi) is 2.10. The fourth-order valence-electron chi connectivity index (χ4n) is 0.0722. The first-order valence-electron chi connectivity index (χ1n) is 1.49. The topological polar surface area (TPSA) is 0 Å². The van der Waals surface area contributed by atoms with Crippen LogP contribution in [0.4, 0.5) is 4.39 Å². The average molecular weight is 84.1 g/mol. The predicted octanol–water partition coefficient (Wildman–Crippen LogP) is 1.81. The summed E-state index contributed by atoms with van der Waals surface area (Å²) in [6, 6.07) is 0. The van der Waals surface area contributed by atoms with Gasteiger partial charge in [-0.3, -0.25) is 0 Å². The molecule has 6 heavy (non-hydrogen) atoms. The number of halogens is 1. The highest BCUT2D eigenvalue weighted by molar-refractivity contribution is 5.03. The van der Waals surface area contributed by atoms with Crippen LogP contribution in [0, 0.1) is 0 Å². The van der Waals surface area contributed by atoms with Crippen LogP contribution in [0.5, 0.6) is 0 Å². The Labute approximate surface area is 36.3 Å². The summed E-state index contributed by atoms with van der Waals surface area (Å²) in [5.41, 5.74) is 2.00. The maximum absolute atomic E-state index is 11.5. The Morgan fingerprint density at radius 1 is 1.83 bits per heavy atom. The predicted molar refractivity (Wildman–Crippen MR) is 24.0 cm³/mol. The molecule has 0 spiro atoms. The first-order chi connectivity index (χ1) is 2.81. The molecular weight excluding hydrogens is 79.1 g/mol. The molecule has 0 saturated carbocycles. The molecule has 0 aromatic heterocycles. The fraction of sp³-hybridized carbons (Fsp3) is 0. The lowest BCUT2D eigenvalue weighted by atomic mass is 10.6. The van der Waals surface area contributed by atoms with Crippen molar-refractivity contribution in [1.29, 1.82) is 0 Å². The van der Waals surface area contributed by atoms with Gasteiger partial charge in [-0.05, 0) is 6.08 Å². The van der Waals surface area contributed by atoms with Crippen molar-refractivity contribution in [2.45, 2.75) is 0 Å². The van der Waals surface area contributed by atoms with E-state index in [0.29, 0.717) is 0 Å². The highest BCUT2D eigenvalue weighted by Gasteiger charge is 1.71.